The number of rotatable bonds is 6. The summed E-state index contributed by atoms with van der Waals surface area (Å²) in [6.45, 7) is 4.69. The monoisotopic (exact) mass is 512 g/mol. The lowest BCUT2D eigenvalue weighted by atomic mass is 10.0. The maximum absolute atomic E-state index is 6.16. The van der Waals surface area contributed by atoms with E-state index in [1.165, 1.54) is 6.42 Å². The number of aliphatic imine (C=N–C) groups is 1. The van der Waals surface area contributed by atoms with Gasteiger partial charge in [0.15, 0.2) is 17.5 Å². The van der Waals surface area contributed by atoms with Gasteiger partial charge in [0.25, 0.3) is 0 Å². The molecule has 1 unspecified atom stereocenters. The third-order valence-corrected chi connectivity index (χ3v) is 4.79. The van der Waals surface area contributed by atoms with Gasteiger partial charge in [0.05, 0.1) is 20.8 Å². The summed E-state index contributed by atoms with van der Waals surface area (Å²) in [5.41, 5.74) is 7.12. The number of nitrogens with zero attached hydrogens (tertiary/aromatic N) is 3. The average Bonchev–Trinajstić information content (AvgIpc) is 2.73. The molecule has 0 radical (unpaired) electrons. The molecule has 1 saturated heterocycles. The summed E-state index contributed by atoms with van der Waals surface area (Å²) in [6.07, 6.45) is 4.16. The van der Waals surface area contributed by atoms with Crippen LogP contribution in [0.5, 0.6) is 23.1 Å². The highest BCUT2D eigenvalue weighted by Gasteiger charge is 2.17. The van der Waals surface area contributed by atoms with Crippen molar-refractivity contribution in [2.24, 2.45) is 16.6 Å². The van der Waals surface area contributed by atoms with Crippen molar-refractivity contribution in [1.82, 2.24) is 9.88 Å². The van der Waals surface area contributed by atoms with Crippen LogP contribution in [0.2, 0.25) is 0 Å². The predicted octanol–water partition coefficient (Wildman–Crippen LogP) is 4.06. The Kier molecular flexibility index (Phi) is 8.81. The fourth-order valence-corrected chi connectivity index (χ4v) is 3.26. The molecule has 0 aliphatic carbocycles. The molecule has 0 spiro atoms. The number of methoxy groups -OCH3 is 2. The van der Waals surface area contributed by atoms with Crippen molar-refractivity contribution in [3.63, 3.8) is 0 Å². The van der Waals surface area contributed by atoms with Crippen LogP contribution in [0, 0.1) is 5.92 Å². The van der Waals surface area contributed by atoms with Crippen molar-refractivity contribution in [1.29, 1.82) is 0 Å². The van der Waals surface area contributed by atoms with Gasteiger partial charge >= 0.3 is 0 Å². The van der Waals surface area contributed by atoms with Crippen LogP contribution in [-0.4, -0.2) is 43.2 Å². The number of likely N-dealkylation sites (tertiary alicyclic amines) is 1. The molecule has 158 valence electrons. The summed E-state index contributed by atoms with van der Waals surface area (Å²) in [7, 11) is 3.17. The molecule has 1 aromatic heterocycles. The molecule has 0 amide bonds. The lowest BCUT2D eigenvalue weighted by Crippen LogP contribution is -2.43. The summed E-state index contributed by atoms with van der Waals surface area (Å²) in [5.74, 6) is 3.37. The number of benzene rings is 1. The van der Waals surface area contributed by atoms with Gasteiger partial charge in [-0.1, -0.05) is 19.1 Å². The number of aromatic nitrogens is 1. The normalized spacial score (nSPS) is 16.7. The van der Waals surface area contributed by atoms with Gasteiger partial charge in [-0.05, 0) is 36.5 Å². The van der Waals surface area contributed by atoms with Crippen molar-refractivity contribution in [2.75, 3.05) is 27.3 Å². The van der Waals surface area contributed by atoms with Gasteiger partial charge in [0.2, 0.25) is 11.6 Å². The van der Waals surface area contributed by atoms with E-state index in [0.29, 0.717) is 41.6 Å². The number of guanidine groups is 1. The molecule has 29 heavy (non-hydrogen) atoms. The number of piperidine rings is 1. The standard InChI is InChI=1S/C21H28N4O3.HI/c1-15-6-5-11-25(14-15)21(22)24-13-16-9-10-19(23-12-16)28-20-17(26-2)7-4-8-18(20)27-3;/h4,7-10,12,15H,5-6,11,13-14H2,1-3H3,(H2,22,24);1H. The quantitative estimate of drug-likeness (QED) is 0.357. The molecular formula is C21H29IN4O3. The van der Waals surface area contributed by atoms with E-state index >= 15 is 0 Å². The summed E-state index contributed by atoms with van der Waals surface area (Å²) < 4.78 is 16.6. The van der Waals surface area contributed by atoms with Gasteiger partial charge in [0.1, 0.15) is 0 Å². The molecule has 1 atom stereocenters. The Balaban J connectivity index is 0.00000300. The average molecular weight is 512 g/mol. The van der Waals surface area contributed by atoms with Gasteiger partial charge in [-0.15, -0.1) is 24.0 Å². The molecule has 1 aliphatic heterocycles. The van der Waals surface area contributed by atoms with Gasteiger partial charge in [0, 0.05) is 25.4 Å². The van der Waals surface area contributed by atoms with E-state index in [2.05, 4.69) is 21.8 Å². The topological polar surface area (TPSA) is 82.2 Å². The number of para-hydroxylation sites is 1. The van der Waals surface area contributed by atoms with E-state index in [9.17, 15) is 0 Å². The number of ether oxygens (including phenoxy) is 3. The number of pyridine rings is 1. The maximum atomic E-state index is 6.16. The van der Waals surface area contributed by atoms with Gasteiger partial charge < -0.3 is 24.8 Å². The third kappa shape index (κ3) is 6.12. The minimum absolute atomic E-state index is 0. The Labute approximate surface area is 189 Å². The Bertz CT molecular complexity index is 792. The molecule has 3 rings (SSSR count). The first-order chi connectivity index (χ1) is 13.6. The first-order valence-electron chi connectivity index (χ1n) is 9.49. The molecule has 2 heterocycles. The molecule has 0 saturated carbocycles. The van der Waals surface area contributed by atoms with Crippen molar-refractivity contribution < 1.29 is 14.2 Å². The lowest BCUT2D eigenvalue weighted by Gasteiger charge is -2.31. The smallest absolute Gasteiger partial charge is 0.219 e. The molecule has 8 heteroatoms. The highest BCUT2D eigenvalue weighted by molar-refractivity contribution is 14.0. The molecule has 0 bridgehead atoms. The van der Waals surface area contributed by atoms with Gasteiger partial charge in [-0.3, -0.25) is 0 Å². The summed E-state index contributed by atoms with van der Waals surface area (Å²) in [4.78, 5) is 11.1. The first kappa shape index (κ1) is 23.1. The fraction of sp³-hybridized carbons (Fsp3) is 0.429. The molecular weight excluding hydrogens is 483 g/mol. The fourth-order valence-electron chi connectivity index (χ4n) is 3.26. The van der Waals surface area contributed by atoms with Gasteiger partial charge in [-0.2, -0.15) is 0 Å². The van der Waals surface area contributed by atoms with Crippen molar-refractivity contribution in [3.8, 4) is 23.1 Å². The second-order valence-electron chi connectivity index (χ2n) is 6.97. The van der Waals surface area contributed by atoms with Gasteiger partial charge in [-0.25, -0.2) is 9.98 Å². The zero-order chi connectivity index (χ0) is 19.9. The van der Waals surface area contributed by atoms with Crippen LogP contribution in [0.15, 0.2) is 41.5 Å². The number of hydrogen-bond donors (Lipinski definition) is 1. The SMILES string of the molecule is COc1cccc(OC)c1Oc1ccc(CN=C(N)N2CCCC(C)C2)cn1.I. The van der Waals surface area contributed by atoms with Crippen LogP contribution in [0.25, 0.3) is 0 Å². The molecule has 1 fully saturated rings. The van der Waals surface area contributed by atoms with E-state index < -0.39 is 0 Å². The zero-order valence-electron chi connectivity index (χ0n) is 17.1. The number of nitrogens with two attached hydrogens (primary N) is 1. The van der Waals surface area contributed by atoms with Crippen LogP contribution < -0.4 is 19.9 Å². The number of halogens is 1. The second-order valence-corrected chi connectivity index (χ2v) is 6.97. The van der Waals surface area contributed by atoms with E-state index in [-0.39, 0.29) is 24.0 Å². The minimum atomic E-state index is 0. The lowest BCUT2D eigenvalue weighted by molar-refractivity contribution is 0.270. The largest absolute Gasteiger partial charge is 0.493 e. The molecule has 7 nitrogen and oxygen atoms in total. The Morgan fingerprint density at radius 1 is 1.21 bits per heavy atom. The van der Waals surface area contributed by atoms with Crippen molar-refractivity contribution >= 4 is 29.9 Å². The molecule has 1 aromatic carbocycles. The predicted molar refractivity (Wildman–Crippen MR) is 125 cm³/mol. The van der Waals surface area contributed by atoms with E-state index in [1.54, 1.807) is 26.5 Å². The molecule has 1 aliphatic rings. The molecule has 2 aromatic rings. The maximum Gasteiger partial charge on any atom is 0.219 e. The number of hydrogen-bond acceptors (Lipinski definition) is 5. The van der Waals surface area contributed by atoms with E-state index in [1.807, 2.05) is 24.3 Å². The van der Waals surface area contributed by atoms with Crippen LogP contribution >= 0.6 is 24.0 Å². The summed E-state index contributed by atoms with van der Waals surface area (Å²) in [5, 5.41) is 0. The van der Waals surface area contributed by atoms with Crippen molar-refractivity contribution in [3.05, 3.63) is 42.1 Å². The first-order valence-corrected chi connectivity index (χ1v) is 9.49. The zero-order valence-corrected chi connectivity index (χ0v) is 19.5. The molecule has 2 N–H and O–H groups in total. The van der Waals surface area contributed by atoms with Crippen LogP contribution in [0.3, 0.4) is 0 Å². The van der Waals surface area contributed by atoms with E-state index in [0.717, 1.165) is 25.1 Å². The van der Waals surface area contributed by atoms with Crippen LogP contribution in [0.1, 0.15) is 25.3 Å². The van der Waals surface area contributed by atoms with Crippen LogP contribution in [0.4, 0.5) is 0 Å². The summed E-state index contributed by atoms with van der Waals surface area (Å²) >= 11 is 0. The highest BCUT2D eigenvalue weighted by Crippen LogP contribution is 2.39. The Morgan fingerprint density at radius 3 is 2.52 bits per heavy atom. The van der Waals surface area contributed by atoms with Crippen LogP contribution in [-0.2, 0) is 6.54 Å². The summed E-state index contributed by atoms with van der Waals surface area (Å²) in [6, 6.07) is 9.19. The van der Waals surface area contributed by atoms with E-state index in [4.69, 9.17) is 19.9 Å². The third-order valence-electron chi connectivity index (χ3n) is 4.79. The highest BCUT2D eigenvalue weighted by atomic mass is 127. The second kappa shape index (κ2) is 11.1. The Morgan fingerprint density at radius 2 is 1.93 bits per heavy atom. The van der Waals surface area contributed by atoms with Crippen molar-refractivity contribution in [2.45, 2.75) is 26.3 Å². The minimum Gasteiger partial charge on any atom is -0.493 e. The Hall–Kier alpha value is -2.23.